The van der Waals surface area contributed by atoms with E-state index in [-0.39, 0.29) is 18.5 Å². The van der Waals surface area contributed by atoms with E-state index in [1.54, 1.807) is 0 Å². The molecular weight excluding hydrogens is 312 g/mol. The molecule has 0 saturated carbocycles. The number of carbonyl (C=O) groups is 1. The summed E-state index contributed by atoms with van der Waals surface area (Å²) in [6, 6.07) is 17.8. The van der Waals surface area contributed by atoms with E-state index in [1.165, 1.54) is 0 Å². The maximum absolute atomic E-state index is 12.2. The number of amides is 1. The fourth-order valence-corrected chi connectivity index (χ4v) is 2.54. The van der Waals surface area contributed by atoms with Crippen LogP contribution in [0.2, 0.25) is 0 Å². The Labute approximate surface area is 150 Å². The zero-order valence-electron chi connectivity index (χ0n) is 15.1. The second-order valence-electron chi connectivity index (χ2n) is 6.02. The third-order valence-corrected chi connectivity index (χ3v) is 4.02. The summed E-state index contributed by atoms with van der Waals surface area (Å²) in [5.41, 5.74) is 2.04. The molecule has 0 aliphatic carbocycles. The van der Waals surface area contributed by atoms with Gasteiger partial charge in [0.1, 0.15) is 5.75 Å². The Balaban J connectivity index is 1.79. The molecule has 4 nitrogen and oxygen atoms in total. The second-order valence-corrected chi connectivity index (χ2v) is 6.02. The molecule has 0 radical (unpaired) electrons. The fourth-order valence-electron chi connectivity index (χ4n) is 2.54. The molecule has 1 amide bonds. The number of nitrogens with one attached hydrogen (secondary N) is 2. The molecule has 2 aromatic rings. The van der Waals surface area contributed by atoms with Gasteiger partial charge in [-0.15, -0.1) is 0 Å². The molecule has 0 saturated heterocycles. The predicted molar refractivity (Wildman–Crippen MR) is 103 cm³/mol. The van der Waals surface area contributed by atoms with Crippen molar-refractivity contribution < 1.29 is 9.53 Å². The van der Waals surface area contributed by atoms with Crippen LogP contribution in [-0.2, 0) is 4.79 Å². The van der Waals surface area contributed by atoms with E-state index >= 15 is 0 Å². The van der Waals surface area contributed by atoms with Crippen LogP contribution in [0.4, 0.5) is 5.69 Å². The summed E-state index contributed by atoms with van der Waals surface area (Å²) in [6.07, 6.45) is 3.04. The molecule has 0 fully saturated rings. The van der Waals surface area contributed by atoms with Crippen LogP contribution in [0.1, 0.15) is 44.7 Å². The van der Waals surface area contributed by atoms with Gasteiger partial charge in [-0.1, -0.05) is 50.6 Å². The van der Waals surface area contributed by atoms with Gasteiger partial charge in [0.25, 0.3) is 0 Å². The van der Waals surface area contributed by atoms with Crippen molar-refractivity contribution in [3.8, 4) is 5.75 Å². The lowest BCUT2D eigenvalue weighted by molar-refractivity contribution is -0.120. The third-order valence-electron chi connectivity index (χ3n) is 4.02. The summed E-state index contributed by atoms with van der Waals surface area (Å²) in [5, 5.41) is 6.23. The summed E-state index contributed by atoms with van der Waals surface area (Å²) in [4.78, 5) is 12.2. The first-order valence-corrected chi connectivity index (χ1v) is 9.04. The van der Waals surface area contributed by atoms with Crippen LogP contribution in [0, 0.1) is 0 Å². The maximum atomic E-state index is 12.2. The van der Waals surface area contributed by atoms with Crippen molar-refractivity contribution in [1.29, 1.82) is 0 Å². The monoisotopic (exact) mass is 340 g/mol. The van der Waals surface area contributed by atoms with Gasteiger partial charge in [0, 0.05) is 5.69 Å². The van der Waals surface area contributed by atoms with Crippen molar-refractivity contribution in [2.24, 2.45) is 0 Å². The average Bonchev–Trinajstić information content (AvgIpc) is 2.66. The van der Waals surface area contributed by atoms with Crippen LogP contribution in [0.15, 0.2) is 54.6 Å². The van der Waals surface area contributed by atoms with Gasteiger partial charge in [-0.05, 0) is 42.7 Å². The highest BCUT2D eigenvalue weighted by Crippen LogP contribution is 2.17. The molecule has 1 atom stereocenters. The molecule has 0 aliphatic heterocycles. The first-order valence-electron chi connectivity index (χ1n) is 9.04. The summed E-state index contributed by atoms with van der Waals surface area (Å²) in [7, 11) is 0. The lowest BCUT2D eigenvalue weighted by Crippen LogP contribution is -2.33. The molecule has 0 aliphatic rings. The van der Waals surface area contributed by atoms with Gasteiger partial charge < -0.3 is 15.4 Å². The molecule has 134 valence electrons. The second kappa shape index (κ2) is 10.4. The highest BCUT2D eigenvalue weighted by Gasteiger charge is 2.11. The van der Waals surface area contributed by atoms with Crippen LogP contribution in [0.5, 0.6) is 5.75 Å². The van der Waals surface area contributed by atoms with Crippen molar-refractivity contribution in [2.75, 3.05) is 18.5 Å². The van der Waals surface area contributed by atoms with E-state index in [9.17, 15) is 4.79 Å². The predicted octanol–water partition coefficient (Wildman–Crippen LogP) is 4.54. The van der Waals surface area contributed by atoms with Crippen LogP contribution >= 0.6 is 0 Å². The molecule has 2 rings (SSSR count). The summed E-state index contributed by atoms with van der Waals surface area (Å²) in [5.74, 6) is 0.845. The first kappa shape index (κ1) is 18.8. The lowest BCUT2D eigenvalue weighted by Gasteiger charge is -2.18. The first-order chi connectivity index (χ1) is 12.2. The number of anilines is 1. The Hall–Kier alpha value is -2.49. The Kier molecular flexibility index (Phi) is 7.83. The van der Waals surface area contributed by atoms with Crippen LogP contribution in [0.3, 0.4) is 0 Å². The van der Waals surface area contributed by atoms with E-state index in [0.717, 1.165) is 42.9 Å². The highest BCUT2D eigenvalue weighted by molar-refractivity contribution is 5.81. The third kappa shape index (κ3) is 6.49. The minimum absolute atomic E-state index is 0.0148. The molecule has 1 unspecified atom stereocenters. The van der Waals surface area contributed by atoms with Crippen molar-refractivity contribution in [1.82, 2.24) is 5.32 Å². The smallest absolute Gasteiger partial charge is 0.239 e. The minimum Gasteiger partial charge on any atom is -0.494 e. The molecule has 0 bridgehead atoms. The number of ether oxygens (including phenoxy) is 1. The molecule has 0 heterocycles. The van der Waals surface area contributed by atoms with Gasteiger partial charge >= 0.3 is 0 Å². The number of hydrogen-bond acceptors (Lipinski definition) is 3. The minimum atomic E-state index is -0.0148. The molecule has 25 heavy (non-hydrogen) atoms. The van der Waals surface area contributed by atoms with Crippen molar-refractivity contribution in [3.63, 3.8) is 0 Å². The summed E-state index contributed by atoms with van der Waals surface area (Å²) >= 11 is 0. The number of rotatable bonds is 10. The van der Waals surface area contributed by atoms with E-state index in [4.69, 9.17) is 4.74 Å². The highest BCUT2D eigenvalue weighted by atomic mass is 16.5. The summed E-state index contributed by atoms with van der Waals surface area (Å²) in [6.45, 7) is 5.20. The zero-order chi connectivity index (χ0) is 17.9. The van der Waals surface area contributed by atoms with E-state index in [2.05, 4.69) is 24.5 Å². The molecule has 0 spiro atoms. The maximum Gasteiger partial charge on any atom is 0.239 e. The Bertz CT molecular complexity index is 626. The zero-order valence-corrected chi connectivity index (χ0v) is 15.1. The topological polar surface area (TPSA) is 50.4 Å². The SMILES string of the molecule is CCCCOc1ccc(NCC(=O)NC(CC)c2ccccc2)cc1. The van der Waals surface area contributed by atoms with Gasteiger partial charge in [0.05, 0.1) is 19.2 Å². The van der Waals surface area contributed by atoms with E-state index in [0.29, 0.717) is 0 Å². The van der Waals surface area contributed by atoms with Crippen molar-refractivity contribution in [3.05, 3.63) is 60.2 Å². The van der Waals surface area contributed by atoms with Crippen molar-refractivity contribution >= 4 is 11.6 Å². The van der Waals surface area contributed by atoms with Crippen LogP contribution < -0.4 is 15.4 Å². The Morgan fingerprint density at radius 3 is 2.40 bits per heavy atom. The van der Waals surface area contributed by atoms with Crippen LogP contribution in [0.25, 0.3) is 0 Å². The van der Waals surface area contributed by atoms with Crippen molar-refractivity contribution in [2.45, 2.75) is 39.2 Å². The molecule has 4 heteroatoms. The number of carbonyl (C=O) groups excluding carboxylic acids is 1. The average molecular weight is 340 g/mol. The number of benzene rings is 2. The van der Waals surface area contributed by atoms with E-state index in [1.807, 2.05) is 54.6 Å². The quantitative estimate of drug-likeness (QED) is 0.624. The number of unbranched alkanes of at least 4 members (excludes halogenated alkanes) is 1. The fraction of sp³-hybridized carbons (Fsp3) is 0.381. The van der Waals surface area contributed by atoms with Gasteiger partial charge in [-0.3, -0.25) is 4.79 Å². The Morgan fingerprint density at radius 1 is 1.04 bits per heavy atom. The van der Waals surface area contributed by atoms with E-state index < -0.39 is 0 Å². The molecular formula is C21H28N2O2. The molecule has 2 N–H and O–H groups in total. The van der Waals surface area contributed by atoms with Gasteiger partial charge in [-0.25, -0.2) is 0 Å². The standard InChI is InChI=1S/C21H28N2O2/c1-3-5-15-25-19-13-11-18(12-14-19)22-16-21(24)23-20(4-2)17-9-7-6-8-10-17/h6-14,20,22H,3-5,15-16H2,1-2H3,(H,23,24). The Morgan fingerprint density at radius 2 is 1.76 bits per heavy atom. The number of hydrogen-bond donors (Lipinski definition) is 2. The normalized spacial score (nSPS) is 11.6. The summed E-state index contributed by atoms with van der Waals surface area (Å²) < 4.78 is 5.64. The molecule has 2 aromatic carbocycles. The van der Waals surface area contributed by atoms with Gasteiger partial charge in [-0.2, -0.15) is 0 Å². The lowest BCUT2D eigenvalue weighted by atomic mass is 10.0. The van der Waals surface area contributed by atoms with Gasteiger partial charge in [0.15, 0.2) is 0 Å². The van der Waals surface area contributed by atoms with Crippen LogP contribution in [-0.4, -0.2) is 19.1 Å². The molecule has 0 aromatic heterocycles. The van der Waals surface area contributed by atoms with Gasteiger partial charge in [0.2, 0.25) is 5.91 Å². The largest absolute Gasteiger partial charge is 0.494 e.